The third-order valence-corrected chi connectivity index (χ3v) is 9.13. The molecule has 2 aromatic carbocycles. The Labute approximate surface area is 242 Å². The standard InChI is InChI=1S/C32H42ClF2N3O2/c1-7-30(36-20(3)39)25-14-19(2)28(33)16-24(25)21-10-12-37(13-11-21)31(40)27-18-38(32(4,5)6)17-26(27)23-9-8-22(34)15-29(23)35/h8-9,14-16,21,26-27,30H,7,10-13,17-18H2,1-6H3,(H,36,39). The van der Waals surface area contributed by atoms with Gasteiger partial charge in [-0.1, -0.05) is 30.7 Å². The van der Waals surface area contributed by atoms with Gasteiger partial charge in [0.15, 0.2) is 0 Å². The number of aryl methyl sites for hydroxylation is 1. The number of hydrogen-bond donors (Lipinski definition) is 1. The Kier molecular flexibility index (Phi) is 9.25. The van der Waals surface area contributed by atoms with Crippen LogP contribution in [0.2, 0.25) is 5.02 Å². The highest BCUT2D eigenvalue weighted by Gasteiger charge is 2.45. The normalized spacial score (nSPS) is 21.5. The van der Waals surface area contributed by atoms with E-state index in [1.165, 1.54) is 19.1 Å². The minimum absolute atomic E-state index is 0.0331. The second kappa shape index (κ2) is 12.2. The molecule has 2 aliphatic rings. The summed E-state index contributed by atoms with van der Waals surface area (Å²) in [4.78, 5) is 30.0. The lowest BCUT2D eigenvalue weighted by atomic mass is 9.82. The van der Waals surface area contributed by atoms with Gasteiger partial charge < -0.3 is 10.2 Å². The fraction of sp³-hybridized carbons (Fsp3) is 0.562. The van der Waals surface area contributed by atoms with E-state index in [2.05, 4.69) is 44.0 Å². The molecule has 0 saturated carbocycles. The summed E-state index contributed by atoms with van der Waals surface area (Å²) in [6.07, 6.45) is 2.32. The predicted molar refractivity (Wildman–Crippen MR) is 156 cm³/mol. The molecule has 40 heavy (non-hydrogen) atoms. The molecule has 2 amide bonds. The van der Waals surface area contributed by atoms with Crippen LogP contribution in [0.25, 0.3) is 0 Å². The van der Waals surface area contributed by atoms with Crippen molar-refractivity contribution < 1.29 is 18.4 Å². The summed E-state index contributed by atoms with van der Waals surface area (Å²) in [5.41, 5.74) is 3.42. The highest BCUT2D eigenvalue weighted by Crippen LogP contribution is 2.41. The maximum absolute atomic E-state index is 14.9. The van der Waals surface area contributed by atoms with Gasteiger partial charge in [-0.25, -0.2) is 8.78 Å². The maximum Gasteiger partial charge on any atom is 0.227 e. The molecule has 3 unspecified atom stereocenters. The zero-order valence-corrected chi connectivity index (χ0v) is 25.2. The van der Waals surface area contributed by atoms with Gasteiger partial charge in [0.25, 0.3) is 0 Å². The van der Waals surface area contributed by atoms with E-state index in [1.54, 1.807) is 0 Å². The molecule has 8 heteroatoms. The van der Waals surface area contributed by atoms with Gasteiger partial charge in [0.1, 0.15) is 11.6 Å². The number of likely N-dealkylation sites (tertiary alicyclic amines) is 2. The fourth-order valence-corrected chi connectivity index (χ4v) is 6.56. The van der Waals surface area contributed by atoms with Gasteiger partial charge >= 0.3 is 0 Å². The summed E-state index contributed by atoms with van der Waals surface area (Å²) in [5, 5.41) is 3.78. The number of carbonyl (C=O) groups is 2. The van der Waals surface area contributed by atoms with E-state index in [0.29, 0.717) is 36.8 Å². The molecule has 2 aromatic rings. The molecular weight excluding hydrogens is 532 g/mol. The van der Waals surface area contributed by atoms with E-state index in [1.807, 2.05) is 17.9 Å². The molecule has 3 atom stereocenters. The van der Waals surface area contributed by atoms with Crippen molar-refractivity contribution in [1.29, 1.82) is 0 Å². The number of amides is 2. The number of nitrogens with zero attached hydrogens (tertiary/aromatic N) is 2. The Morgan fingerprint density at radius 2 is 1.75 bits per heavy atom. The molecule has 1 N–H and O–H groups in total. The Balaban J connectivity index is 1.55. The van der Waals surface area contributed by atoms with Crippen LogP contribution in [0.4, 0.5) is 8.78 Å². The van der Waals surface area contributed by atoms with Gasteiger partial charge in [-0.05, 0) is 87.3 Å². The summed E-state index contributed by atoms with van der Waals surface area (Å²) >= 11 is 6.56. The topological polar surface area (TPSA) is 52.7 Å². The number of benzene rings is 2. The van der Waals surface area contributed by atoms with Crippen LogP contribution in [0.1, 0.15) is 94.0 Å². The Bertz CT molecular complexity index is 1250. The number of hydrogen-bond acceptors (Lipinski definition) is 3. The molecule has 5 nitrogen and oxygen atoms in total. The van der Waals surface area contributed by atoms with Gasteiger partial charge in [0, 0.05) is 55.6 Å². The highest BCUT2D eigenvalue weighted by atomic mass is 35.5. The SMILES string of the molecule is CCC(NC(C)=O)c1cc(C)c(Cl)cc1C1CCN(C(=O)C2CN(C(C)(C)C)CC2c2ccc(F)cc2F)CC1. The second-order valence-corrected chi connectivity index (χ2v) is 12.9. The van der Waals surface area contributed by atoms with Gasteiger partial charge in [-0.2, -0.15) is 0 Å². The molecule has 0 aromatic heterocycles. The molecular formula is C32H42ClF2N3O2. The van der Waals surface area contributed by atoms with Crippen molar-refractivity contribution in [2.24, 2.45) is 5.92 Å². The Morgan fingerprint density at radius 1 is 1.07 bits per heavy atom. The third-order valence-electron chi connectivity index (χ3n) is 8.72. The largest absolute Gasteiger partial charge is 0.350 e. The van der Waals surface area contributed by atoms with Crippen molar-refractivity contribution in [1.82, 2.24) is 15.1 Å². The quantitative estimate of drug-likeness (QED) is 0.417. The molecule has 0 bridgehead atoms. The van der Waals surface area contributed by atoms with E-state index in [9.17, 15) is 18.4 Å². The van der Waals surface area contributed by atoms with E-state index >= 15 is 0 Å². The summed E-state index contributed by atoms with van der Waals surface area (Å²) in [6.45, 7) is 14.1. The smallest absolute Gasteiger partial charge is 0.227 e. The lowest BCUT2D eigenvalue weighted by Gasteiger charge is -2.36. The molecule has 2 fully saturated rings. The molecule has 0 spiro atoms. The number of rotatable bonds is 6. The van der Waals surface area contributed by atoms with Gasteiger partial charge in [0.05, 0.1) is 12.0 Å². The summed E-state index contributed by atoms with van der Waals surface area (Å²) < 4.78 is 28.6. The van der Waals surface area contributed by atoms with E-state index in [4.69, 9.17) is 11.6 Å². The number of nitrogens with one attached hydrogen (secondary N) is 1. The molecule has 2 aliphatic heterocycles. The zero-order chi connectivity index (χ0) is 29.4. The average molecular weight is 574 g/mol. The summed E-state index contributed by atoms with van der Waals surface area (Å²) in [7, 11) is 0. The fourth-order valence-electron chi connectivity index (χ4n) is 6.38. The van der Waals surface area contributed by atoms with Crippen molar-refractivity contribution in [3.8, 4) is 0 Å². The van der Waals surface area contributed by atoms with Crippen LogP contribution in [-0.2, 0) is 9.59 Å². The highest BCUT2D eigenvalue weighted by molar-refractivity contribution is 6.31. The van der Waals surface area contributed by atoms with Crippen LogP contribution in [-0.4, -0.2) is 53.3 Å². The van der Waals surface area contributed by atoms with Gasteiger partial charge in [-0.3, -0.25) is 14.5 Å². The lowest BCUT2D eigenvalue weighted by molar-refractivity contribution is -0.136. The van der Waals surface area contributed by atoms with Crippen LogP contribution in [0.15, 0.2) is 30.3 Å². The monoisotopic (exact) mass is 573 g/mol. The minimum Gasteiger partial charge on any atom is -0.350 e. The summed E-state index contributed by atoms with van der Waals surface area (Å²) in [6, 6.07) is 7.70. The molecule has 2 saturated heterocycles. The zero-order valence-electron chi connectivity index (χ0n) is 24.5. The molecule has 218 valence electrons. The van der Waals surface area contributed by atoms with E-state index in [0.717, 1.165) is 42.0 Å². The molecule has 4 rings (SSSR count). The number of piperidine rings is 1. The van der Waals surface area contributed by atoms with Crippen molar-refractivity contribution in [2.45, 2.75) is 84.2 Å². The van der Waals surface area contributed by atoms with Crippen molar-refractivity contribution in [2.75, 3.05) is 26.2 Å². The van der Waals surface area contributed by atoms with Gasteiger partial charge in [0.2, 0.25) is 11.8 Å². The molecule has 0 aliphatic carbocycles. The first kappa shape index (κ1) is 30.4. The van der Waals surface area contributed by atoms with Crippen LogP contribution < -0.4 is 5.32 Å². The maximum atomic E-state index is 14.9. The van der Waals surface area contributed by atoms with E-state index < -0.39 is 17.6 Å². The van der Waals surface area contributed by atoms with Crippen LogP contribution >= 0.6 is 11.6 Å². The number of halogens is 3. The van der Waals surface area contributed by atoms with Crippen LogP contribution in [0.5, 0.6) is 0 Å². The molecule has 0 radical (unpaired) electrons. The first-order chi connectivity index (χ1) is 18.8. The van der Waals surface area contributed by atoms with Crippen LogP contribution in [0, 0.1) is 24.5 Å². The van der Waals surface area contributed by atoms with Crippen molar-refractivity contribution >= 4 is 23.4 Å². The Hall–Kier alpha value is -2.51. The van der Waals surface area contributed by atoms with Crippen molar-refractivity contribution in [3.05, 3.63) is 69.2 Å². The van der Waals surface area contributed by atoms with E-state index in [-0.39, 0.29) is 35.2 Å². The first-order valence-corrected chi connectivity index (χ1v) is 14.7. The predicted octanol–water partition coefficient (Wildman–Crippen LogP) is 6.73. The number of carbonyl (C=O) groups excluding carboxylic acids is 2. The summed E-state index contributed by atoms with van der Waals surface area (Å²) in [5.74, 6) is -1.77. The second-order valence-electron chi connectivity index (χ2n) is 12.4. The Morgan fingerprint density at radius 3 is 2.33 bits per heavy atom. The first-order valence-electron chi connectivity index (χ1n) is 14.4. The lowest BCUT2D eigenvalue weighted by Crippen LogP contribution is -2.44. The van der Waals surface area contributed by atoms with Crippen LogP contribution in [0.3, 0.4) is 0 Å². The molecule has 2 heterocycles. The van der Waals surface area contributed by atoms with Gasteiger partial charge in [-0.15, -0.1) is 0 Å². The average Bonchev–Trinajstić information content (AvgIpc) is 3.34. The van der Waals surface area contributed by atoms with Crippen molar-refractivity contribution in [3.63, 3.8) is 0 Å². The third kappa shape index (κ3) is 6.52. The minimum atomic E-state index is -0.615.